The Kier molecular flexibility index (Phi) is 3.09. The molecule has 0 bridgehead atoms. The molecule has 94 valence electrons. The SMILES string of the molecule is COc1c(Cl)ncnc1N1CCc2sccc2C1. The second-order valence-electron chi connectivity index (χ2n) is 4.06. The van der Waals surface area contributed by atoms with Crippen LogP contribution in [0.3, 0.4) is 0 Å². The normalized spacial score (nSPS) is 14.4. The van der Waals surface area contributed by atoms with Crippen LogP contribution >= 0.6 is 22.9 Å². The third-order valence-electron chi connectivity index (χ3n) is 3.05. The highest BCUT2D eigenvalue weighted by Crippen LogP contribution is 2.35. The zero-order valence-electron chi connectivity index (χ0n) is 9.89. The number of anilines is 1. The van der Waals surface area contributed by atoms with Crippen LogP contribution in [0.5, 0.6) is 5.75 Å². The van der Waals surface area contributed by atoms with Crippen LogP contribution in [0.25, 0.3) is 0 Å². The zero-order valence-corrected chi connectivity index (χ0v) is 11.5. The minimum Gasteiger partial charge on any atom is -0.490 e. The van der Waals surface area contributed by atoms with E-state index in [9.17, 15) is 0 Å². The van der Waals surface area contributed by atoms with E-state index in [1.54, 1.807) is 7.11 Å². The molecule has 1 aliphatic heterocycles. The predicted molar refractivity (Wildman–Crippen MR) is 72.7 cm³/mol. The van der Waals surface area contributed by atoms with E-state index < -0.39 is 0 Å². The lowest BCUT2D eigenvalue weighted by molar-refractivity contribution is 0.410. The van der Waals surface area contributed by atoms with Crippen molar-refractivity contribution in [3.63, 3.8) is 0 Å². The third-order valence-corrected chi connectivity index (χ3v) is 4.35. The smallest absolute Gasteiger partial charge is 0.199 e. The molecule has 2 aromatic rings. The molecule has 18 heavy (non-hydrogen) atoms. The summed E-state index contributed by atoms with van der Waals surface area (Å²) < 4.78 is 5.30. The van der Waals surface area contributed by atoms with Gasteiger partial charge in [-0.05, 0) is 23.4 Å². The summed E-state index contributed by atoms with van der Waals surface area (Å²) >= 11 is 7.85. The van der Waals surface area contributed by atoms with E-state index >= 15 is 0 Å². The van der Waals surface area contributed by atoms with E-state index in [0.29, 0.717) is 10.9 Å². The summed E-state index contributed by atoms with van der Waals surface area (Å²) in [5.74, 6) is 1.33. The number of nitrogens with zero attached hydrogens (tertiary/aromatic N) is 3. The molecule has 0 radical (unpaired) electrons. The Hall–Kier alpha value is -1.33. The molecule has 0 unspecified atom stereocenters. The summed E-state index contributed by atoms with van der Waals surface area (Å²) in [4.78, 5) is 11.9. The van der Waals surface area contributed by atoms with E-state index in [0.717, 1.165) is 25.3 Å². The summed E-state index contributed by atoms with van der Waals surface area (Å²) in [5, 5.41) is 2.50. The van der Waals surface area contributed by atoms with Crippen LogP contribution < -0.4 is 9.64 Å². The number of aromatic nitrogens is 2. The van der Waals surface area contributed by atoms with Crippen molar-refractivity contribution in [1.29, 1.82) is 0 Å². The Bertz CT molecular complexity index is 572. The minimum absolute atomic E-state index is 0.360. The fraction of sp³-hybridized carbons (Fsp3) is 0.333. The predicted octanol–water partition coefficient (Wildman–Crippen LogP) is 2.76. The van der Waals surface area contributed by atoms with Gasteiger partial charge in [0.25, 0.3) is 0 Å². The van der Waals surface area contributed by atoms with Crippen molar-refractivity contribution in [2.75, 3.05) is 18.6 Å². The Morgan fingerprint density at radius 3 is 3.17 bits per heavy atom. The second-order valence-corrected chi connectivity index (χ2v) is 5.42. The molecule has 0 saturated carbocycles. The zero-order chi connectivity index (χ0) is 12.5. The lowest BCUT2D eigenvalue weighted by atomic mass is 10.1. The maximum Gasteiger partial charge on any atom is 0.199 e. The number of ether oxygens (including phenoxy) is 1. The van der Waals surface area contributed by atoms with Gasteiger partial charge in [-0.2, -0.15) is 0 Å². The lowest BCUT2D eigenvalue weighted by Crippen LogP contribution is -2.30. The minimum atomic E-state index is 0.360. The molecule has 4 nitrogen and oxygen atoms in total. The van der Waals surface area contributed by atoms with Gasteiger partial charge >= 0.3 is 0 Å². The van der Waals surface area contributed by atoms with Gasteiger partial charge in [0.2, 0.25) is 0 Å². The van der Waals surface area contributed by atoms with Gasteiger partial charge in [-0.15, -0.1) is 11.3 Å². The van der Waals surface area contributed by atoms with Crippen molar-refractivity contribution in [3.05, 3.63) is 33.4 Å². The average molecular weight is 282 g/mol. The van der Waals surface area contributed by atoms with Crippen LogP contribution in [0.4, 0.5) is 5.82 Å². The van der Waals surface area contributed by atoms with Gasteiger partial charge < -0.3 is 9.64 Å². The van der Waals surface area contributed by atoms with Gasteiger partial charge in [0.05, 0.1) is 7.11 Å². The molecule has 0 N–H and O–H groups in total. The van der Waals surface area contributed by atoms with Crippen LogP contribution in [0.2, 0.25) is 5.15 Å². The molecule has 3 heterocycles. The quantitative estimate of drug-likeness (QED) is 0.794. The largest absolute Gasteiger partial charge is 0.490 e. The van der Waals surface area contributed by atoms with Crippen LogP contribution in [-0.4, -0.2) is 23.6 Å². The fourth-order valence-corrected chi connectivity index (χ4v) is 3.27. The molecule has 0 saturated heterocycles. The molecule has 0 aliphatic carbocycles. The third kappa shape index (κ3) is 1.93. The first kappa shape index (κ1) is 11.7. The molecule has 0 aromatic carbocycles. The number of halogens is 1. The molecule has 0 fully saturated rings. The maximum atomic E-state index is 6.03. The number of hydrogen-bond acceptors (Lipinski definition) is 5. The van der Waals surface area contributed by atoms with Gasteiger partial charge in [0.15, 0.2) is 16.7 Å². The molecule has 0 amide bonds. The topological polar surface area (TPSA) is 38.3 Å². The highest BCUT2D eigenvalue weighted by molar-refractivity contribution is 7.10. The fourth-order valence-electron chi connectivity index (χ4n) is 2.17. The molecule has 0 spiro atoms. The van der Waals surface area contributed by atoms with Crippen molar-refractivity contribution in [2.45, 2.75) is 13.0 Å². The Morgan fingerprint density at radius 2 is 2.33 bits per heavy atom. The average Bonchev–Trinajstić information content (AvgIpc) is 2.85. The Labute approximate surface area is 114 Å². The van der Waals surface area contributed by atoms with Gasteiger partial charge in [-0.3, -0.25) is 0 Å². The van der Waals surface area contributed by atoms with Crippen LogP contribution in [0.1, 0.15) is 10.4 Å². The number of methoxy groups -OCH3 is 1. The first-order valence-corrected chi connectivity index (χ1v) is 6.90. The maximum absolute atomic E-state index is 6.03. The van der Waals surface area contributed by atoms with Crippen LogP contribution in [0.15, 0.2) is 17.8 Å². The number of hydrogen-bond donors (Lipinski definition) is 0. The van der Waals surface area contributed by atoms with Crippen molar-refractivity contribution in [1.82, 2.24) is 9.97 Å². The monoisotopic (exact) mass is 281 g/mol. The summed E-state index contributed by atoms with van der Waals surface area (Å²) in [6.45, 7) is 1.78. The molecule has 6 heteroatoms. The first-order chi connectivity index (χ1) is 8.79. The first-order valence-electron chi connectivity index (χ1n) is 5.64. The van der Waals surface area contributed by atoms with E-state index in [1.807, 2.05) is 11.3 Å². The molecule has 1 aliphatic rings. The van der Waals surface area contributed by atoms with Gasteiger partial charge in [-0.1, -0.05) is 11.6 Å². The number of rotatable bonds is 2. The molecule has 2 aromatic heterocycles. The van der Waals surface area contributed by atoms with Gasteiger partial charge in [0, 0.05) is 18.0 Å². The highest BCUT2D eigenvalue weighted by Gasteiger charge is 2.22. The van der Waals surface area contributed by atoms with Crippen molar-refractivity contribution < 1.29 is 4.74 Å². The number of thiophene rings is 1. The molecular weight excluding hydrogens is 270 g/mol. The summed E-state index contributed by atoms with van der Waals surface area (Å²) in [6, 6.07) is 2.17. The van der Waals surface area contributed by atoms with Crippen molar-refractivity contribution in [2.24, 2.45) is 0 Å². The van der Waals surface area contributed by atoms with Crippen LogP contribution in [-0.2, 0) is 13.0 Å². The van der Waals surface area contributed by atoms with Gasteiger partial charge in [0.1, 0.15) is 6.33 Å². The Balaban J connectivity index is 1.95. The van der Waals surface area contributed by atoms with Gasteiger partial charge in [-0.25, -0.2) is 9.97 Å². The Morgan fingerprint density at radius 1 is 1.44 bits per heavy atom. The van der Waals surface area contributed by atoms with E-state index in [4.69, 9.17) is 16.3 Å². The van der Waals surface area contributed by atoms with Crippen molar-refractivity contribution >= 4 is 28.8 Å². The van der Waals surface area contributed by atoms with Crippen molar-refractivity contribution in [3.8, 4) is 5.75 Å². The van der Waals surface area contributed by atoms with E-state index in [1.165, 1.54) is 16.8 Å². The standard InChI is InChI=1S/C12H12ClN3OS/c1-17-10-11(13)14-7-15-12(10)16-4-2-9-8(6-16)3-5-18-9/h3,5,7H,2,4,6H2,1H3. The van der Waals surface area contributed by atoms with Crippen LogP contribution in [0, 0.1) is 0 Å². The van der Waals surface area contributed by atoms with E-state index in [2.05, 4.69) is 26.3 Å². The molecular formula is C12H12ClN3OS. The highest BCUT2D eigenvalue weighted by atomic mass is 35.5. The molecule has 0 atom stereocenters. The number of fused-ring (bicyclic) bond motifs is 1. The summed E-state index contributed by atoms with van der Waals surface area (Å²) in [6.07, 6.45) is 2.51. The van der Waals surface area contributed by atoms with E-state index in [-0.39, 0.29) is 0 Å². The second kappa shape index (κ2) is 4.74. The summed E-state index contributed by atoms with van der Waals surface area (Å²) in [7, 11) is 1.59. The lowest BCUT2D eigenvalue weighted by Gasteiger charge is -2.28. The summed E-state index contributed by atoms with van der Waals surface area (Å²) in [5.41, 5.74) is 1.36. The molecule has 3 rings (SSSR count).